The van der Waals surface area contributed by atoms with Crippen LogP contribution in [0.3, 0.4) is 0 Å². The summed E-state index contributed by atoms with van der Waals surface area (Å²) in [6, 6.07) is 8.34. The molecule has 0 aliphatic heterocycles. The first-order valence-electron chi connectivity index (χ1n) is 6.45. The number of nitrogens with one attached hydrogen (secondary N) is 1. The van der Waals surface area contributed by atoms with Crippen LogP contribution in [0.15, 0.2) is 41.8 Å². The summed E-state index contributed by atoms with van der Waals surface area (Å²) in [5, 5.41) is 4.12. The lowest BCUT2D eigenvalue weighted by molar-refractivity contribution is 0.413. The highest BCUT2D eigenvalue weighted by Gasteiger charge is 2.11. The standard InChI is InChI=1S/C15H19N3OS/c1-11-8-17-15(18-9-11)20-10-14(16-2)12-5-4-6-13(7-12)19-3/h4-9,14,16H,10H2,1-3H3. The fraction of sp³-hybridized carbons (Fsp3) is 0.333. The normalized spacial score (nSPS) is 12.2. The van der Waals surface area contributed by atoms with Gasteiger partial charge >= 0.3 is 0 Å². The molecule has 0 saturated heterocycles. The van der Waals surface area contributed by atoms with E-state index in [1.807, 2.05) is 38.5 Å². The number of thioether (sulfide) groups is 1. The van der Waals surface area contributed by atoms with E-state index in [1.54, 1.807) is 18.9 Å². The van der Waals surface area contributed by atoms with Crippen LogP contribution in [0.2, 0.25) is 0 Å². The van der Waals surface area contributed by atoms with Crippen molar-refractivity contribution in [1.82, 2.24) is 15.3 Å². The Balaban J connectivity index is 2.03. The maximum atomic E-state index is 5.27. The third-order valence-corrected chi connectivity index (χ3v) is 3.95. The Morgan fingerprint density at radius 3 is 2.70 bits per heavy atom. The zero-order valence-corrected chi connectivity index (χ0v) is 12.8. The predicted octanol–water partition coefficient (Wildman–Crippen LogP) is 2.85. The summed E-state index contributed by atoms with van der Waals surface area (Å²) in [5.41, 5.74) is 2.28. The molecule has 20 heavy (non-hydrogen) atoms. The van der Waals surface area contributed by atoms with E-state index >= 15 is 0 Å². The molecule has 1 atom stereocenters. The number of nitrogens with zero attached hydrogens (tertiary/aromatic N) is 2. The van der Waals surface area contributed by atoms with Crippen molar-refractivity contribution in [3.63, 3.8) is 0 Å². The Labute approximate surface area is 124 Å². The average molecular weight is 289 g/mol. The topological polar surface area (TPSA) is 47.0 Å². The monoisotopic (exact) mass is 289 g/mol. The molecule has 0 aliphatic carbocycles. The summed E-state index contributed by atoms with van der Waals surface area (Å²) < 4.78 is 5.27. The summed E-state index contributed by atoms with van der Waals surface area (Å²) in [6.07, 6.45) is 3.69. The molecule has 1 unspecified atom stereocenters. The van der Waals surface area contributed by atoms with Crippen LogP contribution in [0, 0.1) is 6.92 Å². The van der Waals surface area contributed by atoms with Crippen LogP contribution in [-0.2, 0) is 0 Å². The van der Waals surface area contributed by atoms with E-state index < -0.39 is 0 Å². The molecule has 1 N–H and O–H groups in total. The molecule has 1 aromatic heterocycles. The SMILES string of the molecule is CNC(CSc1ncc(C)cn1)c1cccc(OC)c1. The Kier molecular flexibility index (Phi) is 5.38. The minimum Gasteiger partial charge on any atom is -0.497 e. The maximum absolute atomic E-state index is 5.27. The average Bonchev–Trinajstić information content (AvgIpc) is 2.50. The first-order valence-corrected chi connectivity index (χ1v) is 7.44. The minimum atomic E-state index is 0.236. The Bertz CT molecular complexity index is 545. The number of aromatic nitrogens is 2. The molecule has 2 aromatic rings. The molecule has 0 aliphatic rings. The van der Waals surface area contributed by atoms with Crippen molar-refractivity contribution >= 4 is 11.8 Å². The lowest BCUT2D eigenvalue weighted by Gasteiger charge is -2.16. The van der Waals surface area contributed by atoms with Gasteiger partial charge < -0.3 is 10.1 Å². The smallest absolute Gasteiger partial charge is 0.187 e. The fourth-order valence-corrected chi connectivity index (χ4v) is 2.75. The van der Waals surface area contributed by atoms with Gasteiger partial charge in [-0.05, 0) is 37.2 Å². The third kappa shape index (κ3) is 3.95. The van der Waals surface area contributed by atoms with Crippen LogP contribution in [0.1, 0.15) is 17.2 Å². The van der Waals surface area contributed by atoms with E-state index in [0.717, 1.165) is 22.2 Å². The Morgan fingerprint density at radius 1 is 1.30 bits per heavy atom. The van der Waals surface area contributed by atoms with E-state index in [0.29, 0.717) is 0 Å². The summed E-state index contributed by atoms with van der Waals surface area (Å²) in [5.74, 6) is 1.74. The Hall–Kier alpha value is -1.59. The minimum absolute atomic E-state index is 0.236. The number of benzene rings is 1. The molecule has 0 saturated carbocycles. The number of hydrogen-bond donors (Lipinski definition) is 1. The molecule has 0 amide bonds. The quantitative estimate of drug-likeness (QED) is 0.654. The molecule has 4 nitrogen and oxygen atoms in total. The third-order valence-electron chi connectivity index (χ3n) is 2.98. The summed E-state index contributed by atoms with van der Waals surface area (Å²) in [6.45, 7) is 1.99. The number of ether oxygens (including phenoxy) is 1. The van der Waals surface area contributed by atoms with Gasteiger partial charge in [0, 0.05) is 24.2 Å². The number of methoxy groups -OCH3 is 1. The van der Waals surface area contributed by atoms with Gasteiger partial charge in [0.05, 0.1) is 7.11 Å². The molecule has 0 fully saturated rings. The van der Waals surface area contributed by atoms with Gasteiger partial charge in [0.25, 0.3) is 0 Å². The highest BCUT2D eigenvalue weighted by Crippen LogP contribution is 2.24. The molecule has 106 valence electrons. The Morgan fingerprint density at radius 2 is 2.05 bits per heavy atom. The molecule has 5 heteroatoms. The fourth-order valence-electron chi connectivity index (χ4n) is 1.82. The van der Waals surface area contributed by atoms with Crippen LogP contribution in [0.25, 0.3) is 0 Å². The van der Waals surface area contributed by atoms with Gasteiger partial charge in [0.1, 0.15) is 5.75 Å². The second kappa shape index (κ2) is 7.26. The highest BCUT2D eigenvalue weighted by molar-refractivity contribution is 7.99. The largest absolute Gasteiger partial charge is 0.497 e. The van der Waals surface area contributed by atoms with Crippen molar-refractivity contribution in [2.75, 3.05) is 19.9 Å². The van der Waals surface area contributed by atoms with E-state index in [4.69, 9.17) is 4.74 Å². The predicted molar refractivity (Wildman–Crippen MR) is 82.3 cm³/mol. The summed E-state index contributed by atoms with van der Waals surface area (Å²) in [7, 11) is 3.64. The van der Waals surface area contributed by atoms with Gasteiger partial charge in [-0.1, -0.05) is 23.9 Å². The highest BCUT2D eigenvalue weighted by atomic mass is 32.2. The first-order chi connectivity index (χ1) is 9.72. The van der Waals surface area contributed by atoms with Crippen molar-refractivity contribution in [2.24, 2.45) is 0 Å². The van der Waals surface area contributed by atoms with Gasteiger partial charge in [-0.15, -0.1) is 0 Å². The molecule has 0 radical (unpaired) electrons. The van der Waals surface area contributed by atoms with E-state index in [-0.39, 0.29) is 6.04 Å². The van der Waals surface area contributed by atoms with Crippen molar-refractivity contribution in [3.05, 3.63) is 47.8 Å². The second-order valence-electron chi connectivity index (χ2n) is 4.47. The van der Waals surface area contributed by atoms with Crippen molar-refractivity contribution in [2.45, 2.75) is 18.1 Å². The summed E-state index contributed by atoms with van der Waals surface area (Å²) in [4.78, 5) is 8.62. The lowest BCUT2D eigenvalue weighted by Crippen LogP contribution is -2.18. The van der Waals surface area contributed by atoms with Crippen molar-refractivity contribution in [3.8, 4) is 5.75 Å². The number of rotatable bonds is 6. The van der Waals surface area contributed by atoms with E-state index in [2.05, 4.69) is 27.4 Å². The molecule has 0 bridgehead atoms. The molecular weight excluding hydrogens is 270 g/mol. The second-order valence-corrected chi connectivity index (χ2v) is 5.46. The summed E-state index contributed by atoms with van der Waals surface area (Å²) >= 11 is 1.64. The van der Waals surface area contributed by atoms with Gasteiger partial charge in [0.15, 0.2) is 5.16 Å². The van der Waals surface area contributed by atoms with Crippen molar-refractivity contribution < 1.29 is 4.74 Å². The van der Waals surface area contributed by atoms with Crippen LogP contribution in [0.4, 0.5) is 0 Å². The molecule has 1 aromatic carbocycles. The molecule has 1 heterocycles. The van der Waals surface area contributed by atoms with Crippen LogP contribution in [0.5, 0.6) is 5.75 Å². The number of aryl methyl sites for hydroxylation is 1. The van der Waals surface area contributed by atoms with Crippen molar-refractivity contribution in [1.29, 1.82) is 0 Å². The van der Waals surface area contributed by atoms with Gasteiger partial charge in [-0.2, -0.15) is 0 Å². The number of hydrogen-bond acceptors (Lipinski definition) is 5. The van der Waals surface area contributed by atoms with Crippen LogP contribution < -0.4 is 10.1 Å². The van der Waals surface area contributed by atoms with Gasteiger partial charge in [-0.25, -0.2) is 9.97 Å². The van der Waals surface area contributed by atoms with E-state index in [9.17, 15) is 0 Å². The van der Waals surface area contributed by atoms with E-state index in [1.165, 1.54) is 5.56 Å². The molecular formula is C15H19N3OS. The van der Waals surface area contributed by atoms with Crippen LogP contribution in [-0.4, -0.2) is 29.9 Å². The maximum Gasteiger partial charge on any atom is 0.187 e. The lowest BCUT2D eigenvalue weighted by atomic mass is 10.1. The zero-order valence-electron chi connectivity index (χ0n) is 12.0. The van der Waals surface area contributed by atoms with Gasteiger partial charge in [0.2, 0.25) is 0 Å². The molecule has 2 rings (SSSR count). The molecule has 0 spiro atoms. The zero-order chi connectivity index (χ0) is 14.4. The van der Waals surface area contributed by atoms with Crippen LogP contribution >= 0.6 is 11.8 Å². The first kappa shape index (κ1) is 14.8. The van der Waals surface area contributed by atoms with Gasteiger partial charge in [-0.3, -0.25) is 0 Å².